The Morgan fingerprint density at radius 1 is 1.15 bits per heavy atom. The number of aryl methyl sites for hydroxylation is 1. The molecule has 0 bridgehead atoms. The molecular formula is C15H24ClN3O. The maximum absolute atomic E-state index is 12.4. The Bertz CT molecular complexity index is 435. The molecule has 0 radical (unpaired) electrons. The molecule has 0 aliphatic carbocycles. The van der Waals surface area contributed by atoms with Crippen LogP contribution in [-0.2, 0) is 4.79 Å². The highest BCUT2D eigenvalue weighted by Crippen LogP contribution is 2.15. The number of carbonyl (C=O) groups excluding carboxylic acids is 1. The van der Waals surface area contributed by atoms with Crippen molar-refractivity contribution in [3.8, 4) is 0 Å². The van der Waals surface area contributed by atoms with Gasteiger partial charge < -0.3 is 15.5 Å². The molecule has 1 atom stereocenters. The van der Waals surface area contributed by atoms with Crippen molar-refractivity contribution in [2.24, 2.45) is 5.73 Å². The predicted molar refractivity (Wildman–Crippen MR) is 84.0 cm³/mol. The Balaban J connectivity index is 0.00000200. The SMILES string of the molecule is Cc1ccc(C(N)C(=O)N2CCCN(C)CC2)cc1.Cl. The van der Waals surface area contributed by atoms with Crippen LogP contribution in [0.3, 0.4) is 0 Å². The number of hydrogen-bond acceptors (Lipinski definition) is 3. The molecule has 1 unspecified atom stereocenters. The van der Waals surface area contributed by atoms with Crippen LogP contribution in [0.15, 0.2) is 24.3 Å². The molecule has 1 aliphatic rings. The number of rotatable bonds is 2. The molecule has 0 aromatic heterocycles. The Morgan fingerprint density at radius 2 is 1.80 bits per heavy atom. The number of nitrogens with two attached hydrogens (primary N) is 1. The van der Waals surface area contributed by atoms with Gasteiger partial charge in [-0.25, -0.2) is 0 Å². The number of nitrogens with zero attached hydrogens (tertiary/aromatic N) is 2. The van der Waals surface area contributed by atoms with E-state index in [9.17, 15) is 4.79 Å². The van der Waals surface area contributed by atoms with Crippen LogP contribution in [0.2, 0.25) is 0 Å². The molecule has 0 saturated carbocycles. The quantitative estimate of drug-likeness (QED) is 0.902. The van der Waals surface area contributed by atoms with E-state index in [1.54, 1.807) is 0 Å². The first-order chi connectivity index (χ1) is 9.08. The molecule has 1 saturated heterocycles. The minimum Gasteiger partial charge on any atom is -0.340 e. The molecule has 1 aromatic carbocycles. The molecule has 1 aliphatic heterocycles. The van der Waals surface area contributed by atoms with Crippen molar-refractivity contribution in [3.05, 3.63) is 35.4 Å². The minimum absolute atomic E-state index is 0. The summed E-state index contributed by atoms with van der Waals surface area (Å²) in [7, 11) is 2.09. The average molecular weight is 298 g/mol. The van der Waals surface area contributed by atoms with Crippen molar-refractivity contribution in [1.82, 2.24) is 9.80 Å². The molecule has 1 heterocycles. The average Bonchev–Trinajstić information content (AvgIpc) is 2.63. The summed E-state index contributed by atoms with van der Waals surface area (Å²) in [6, 6.07) is 7.35. The van der Waals surface area contributed by atoms with E-state index < -0.39 is 6.04 Å². The Labute approximate surface area is 127 Å². The van der Waals surface area contributed by atoms with Gasteiger partial charge >= 0.3 is 0 Å². The number of benzene rings is 1. The third-order valence-electron chi connectivity index (χ3n) is 3.73. The lowest BCUT2D eigenvalue weighted by atomic mass is 10.0. The van der Waals surface area contributed by atoms with Gasteiger partial charge in [-0.2, -0.15) is 0 Å². The van der Waals surface area contributed by atoms with Crippen LogP contribution in [0.5, 0.6) is 0 Å². The topological polar surface area (TPSA) is 49.6 Å². The van der Waals surface area contributed by atoms with E-state index in [0.717, 1.165) is 38.2 Å². The largest absolute Gasteiger partial charge is 0.340 e. The fourth-order valence-corrected chi connectivity index (χ4v) is 2.38. The van der Waals surface area contributed by atoms with Crippen molar-refractivity contribution >= 4 is 18.3 Å². The van der Waals surface area contributed by atoms with Gasteiger partial charge in [0.1, 0.15) is 6.04 Å². The van der Waals surface area contributed by atoms with Crippen molar-refractivity contribution in [3.63, 3.8) is 0 Å². The van der Waals surface area contributed by atoms with Gasteiger partial charge in [0.05, 0.1) is 0 Å². The summed E-state index contributed by atoms with van der Waals surface area (Å²) in [5.41, 5.74) is 8.18. The van der Waals surface area contributed by atoms with Crippen molar-refractivity contribution in [1.29, 1.82) is 0 Å². The zero-order valence-electron chi connectivity index (χ0n) is 12.2. The first kappa shape index (κ1) is 17.0. The van der Waals surface area contributed by atoms with Crippen LogP contribution in [0.4, 0.5) is 0 Å². The molecule has 5 heteroatoms. The van der Waals surface area contributed by atoms with Crippen LogP contribution < -0.4 is 5.73 Å². The fraction of sp³-hybridized carbons (Fsp3) is 0.533. The molecule has 2 N–H and O–H groups in total. The van der Waals surface area contributed by atoms with Gasteiger partial charge in [-0.15, -0.1) is 12.4 Å². The number of likely N-dealkylation sites (N-methyl/N-ethyl adjacent to an activating group) is 1. The molecule has 0 spiro atoms. The highest BCUT2D eigenvalue weighted by atomic mass is 35.5. The molecule has 20 heavy (non-hydrogen) atoms. The summed E-state index contributed by atoms with van der Waals surface area (Å²) in [6.07, 6.45) is 1.02. The van der Waals surface area contributed by atoms with E-state index in [2.05, 4.69) is 11.9 Å². The van der Waals surface area contributed by atoms with E-state index >= 15 is 0 Å². The van der Waals surface area contributed by atoms with Crippen LogP contribution in [-0.4, -0.2) is 48.9 Å². The van der Waals surface area contributed by atoms with Crippen molar-refractivity contribution < 1.29 is 4.79 Å². The highest BCUT2D eigenvalue weighted by molar-refractivity contribution is 5.85. The normalized spacial score (nSPS) is 18.1. The lowest BCUT2D eigenvalue weighted by Crippen LogP contribution is -2.40. The van der Waals surface area contributed by atoms with E-state index in [4.69, 9.17) is 5.73 Å². The first-order valence-corrected chi connectivity index (χ1v) is 6.87. The lowest BCUT2D eigenvalue weighted by molar-refractivity contribution is -0.132. The molecule has 1 aromatic rings. The molecule has 1 amide bonds. The van der Waals surface area contributed by atoms with Gasteiger partial charge in [-0.05, 0) is 32.5 Å². The maximum atomic E-state index is 12.4. The van der Waals surface area contributed by atoms with Crippen LogP contribution >= 0.6 is 12.4 Å². The second-order valence-corrected chi connectivity index (χ2v) is 5.37. The molecule has 1 fully saturated rings. The molecule has 2 rings (SSSR count). The lowest BCUT2D eigenvalue weighted by Gasteiger charge is -2.24. The second-order valence-electron chi connectivity index (χ2n) is 5.37. The van der Waals surface area contributed by atoms with Gasteiger partial charge in [0, 0.05) is 19.6 Å². The summed E-state index contributed by atoms with van der Waals surface area (Å²) in [6.45, 7) is 5.58. The Kier molecular flexibility index (Phi) is 6.46. The van der Waals surface area contributed by atoms with Crippen molar-refractivity contribution in [2.45, 2.75) is 19.4 Å². The van der Waals surface area contributed by atoms with Gasteiger partial charge in [0.2, 0.25) is 5.91 Å². The third-order valence-corrected chi connectivity index (χ3v) is 3.73. The number of halogens is 1. The van der Waals surface area contributed by atoms with Crippen LogP contribution in [0.1, 0.15) is 23.6 Å². The fourth-order valence-electron chi connectivity index (χ4n) is 2.38. The van der Waals surface area contributed by atoms with E-state index in [-0.39, 0.29) is 18.3 Å². The summed E-state index contributed by atoms with van der Waals surface area (Å²) in [4.78, 5) is 16.6. The van der Waals surface area contributed by atoms with Crippen LogP contribution in [0.25, 0.3) is 0 Å². The van der Waals surface area contributed by atoms with Gasteiger partial charge in [0.25, 0.3) is 0 Å². The molecule has 112 valence electrons. The highest BCUT2D eigenvalue weighted by Gasteiger charge is 2.23. The Hall–Kier alpha value is -1.10. The van der Waals surface area contributed by atoms with E-state index in [0.29, 0.717) is 0 Å². The number of hydrogen-bond donors (Lipinski definition) is 1. The monoisotopic (exact) mass is 297 g/mol. The van der Waals surface area contributed by atoms with Gasteiger partial charge in [-0.3, -0.25) is 4.79 Å². The van der Waals surface area contributed by atoms with E-state index in [1.165, 1.54) is 5.56 Å². The number of amides is 1. The van der Waals surface area contributed by atoms with Crippen LogP contribution in [0, 0.1) is 6.92 Å². The Morgan fingerprint density at radius 3 is 2.45 bits per heavy atom. The zero-order valence-corrected chi connectivity index (χ0v) is 13.0. The first-order valence-electron chi connectivity index (χ1n) is 6.87. The summed E-state index contributed by atoms with van der Waals surface area (Å²) in [5.74, 6) is 0.0409. The second kappa shape index (κ2) is 7.62. The van der Waals surface area contributed by atoms with Gasteiger partial charge in [-0.1, -0.05) is 29.8 Å². The van der Waals surface area contributed by atoms with E-state index in [1.807, 2.05) is 36.1 Å². The summed E-state index contributed by atoms with van der Waals surface area (Å²) < 4.78 is 0. The third kappa shape index (κ3) is 4.20. The smallest absolute Gasteiger partial charge is 0.244 e. The van der Waals surface area contributed by atoms with Gasteiger partial charge in [0.15, 0.2) is 0 Å². The standard InChI is InChI=1S/C15H23N3O.ClH/c1-12-4-6-13(7-5-12)14(16)15(19)18-9-3-8-17(2)10-11-18;/h4-7,14H,3,8-11,16H2,1-2H3;1H. The zero-order chi connectivity index (χ0) is 13.8. The minimum atomic E-state index is -0.538. The van der Waals surface area contributed by atoms with Crippen molar-refractivity contribution in [2.75, 3.05) is 33.2 Å². The number of carbonyl (C=O) groups is 1. The summed E-state index contributed by atoms with van der Waals surface area (Å²) in [5, 5.41) is 0. The molecular weight excluding hydrogens is 274 g/mol. The predicted octanol–water partition coefficient (Wildman–Crippen LogP) is 1.58. The molecule has 4 nitrogen and oxygen atoms in total. The maximum Gasteiger partial charge on any atom is 0.244 e. The summed E-state index contributed by atoms with van der Waals surface area (Å²) >= 11 is 0.